The van der Waals surface area contributed by atoms with Crippen LogP contribution in [0.2, 0.25) is 0 Å². The number of hydrogen-bond acceptors (Lipinski definition) is 3. The van der Waals surface area contributed by atoms with Crippen LogP contribution in [0.25, 0.3) is 0 Å². The number of anilines is 1. The lowest BCUT2D eigenvalue weighted by Gasteiger charge is -2.18. The number of halogens is 1. The zero-order valence-corrected chi connectivity index (χ0v) is 16.5. The van der Waals surface area contributed by atoms with Crippen molar-refractivity contribution in [2.24, 2.45) is 0 Å². The number of amides is 1. The standard InChI is InChI=1S/C19H23BrN2O3/c1-12(14-9-10-17(24-3)15(20)11-14)21-13(2)19(23)22-16-7-5-6-8-18(16)25-4/h5-13,21H,1-4H3,(H,22,23)/p+1/t12-,13+/m1/s1. The van der Waals surface area contributed by atoms with Crippen LogP contribution in [0.1, 0.15) is 25.5 Å². The molecular weight excluding hydrogens is 384 g/mol. The summed E-state index contributed by atoms with van der Waals surface area (Å²) in [6, 6.07) is 13.2. The van der Waals surface area contributed by atoms with Gasteiger partial charge in [-0.1, -0.05) is 12.1 Å². The van der Waals surface area contributed by atoms with E-state index in [0.29, 0.717) is 11.4 Å². The molecule has 0 heterocycles. The monoisotopic (exact) mass is 407 g/mol. The third-order valence-electron chi connectivity index (χ3n) is 4.06. The van der Waals surface area contributed by atoms with Gasteiger partial charge in [0.2, 0.25) is 0 Å². The van der Waals surface area contributed by atoms with Gasteiger partial charge in [0.25, 0.3) is 5.91 Å². The number of rotatable bonds is 7. The number of nitrogens with one attached hydrogen (secondary N) is 1. The second-order valence-corrected chi connectivity index (χ2v) is 6.71. The van der Waals surface area contributed by atoms with Crippen LogP contribution in [0.5, 0.6) is 11.5 Å². The van der Waals surface area contributed by atoms with Gasteiger partial charge >= 0.3 is 0 Å². The molecule has 0 radical (unpaired) electrons. The van der Waals surface area contributed by atoms with E-state index in [9.17, 15) is 4.79 Å². The van der Waals surface area contributed by atoms with Crippen LogP contribution in [0.4, 0.5) is 5.69 Å². The van der Waals surface area contributed by atoms with Crippen LogP contribution in [0.3, 0.4) is 0 Å². The zero-order valence-electron chi connectivity index (χ0n) is 14.9. The molecule has 2 rings (SSSR count). The average molecular weight is 408 g/mol. The normalized spacial score (nSPS) is 13.0. The first kappa shape index (κ1) is 19.3. The van der Waals surface area contributed by atoms with Crippen LogP contribution in [-0.2, 0) is 4.79 Å². The van der Waals surface area contributed by atoms with Crippen molar-refractivity contribution in [3.8, 4) is 11.5 Å². The van der Waals surface area contributed by atoms with E-state index < -0.39 is 0 Å². The number of ether oxygens (including phenoxy) is 2. The molecule has 0 bridgehead atoms. The summed E-state index contributed by atoms with van der Waals surface area (Å²) >= 11 is 3.50. The first-order chi connectivity index (χ1) is 12.0. The van der Waals surface area contributed by atoms with Crippen LogP contribution in [0.15, 0.2) is 46.9 Å². The summed E-state index contributed by atoms with van der Waals surface area (Å²) in [5.74, 6) is 1.37. The summed E-state index contributed by atoms with van der Waals surface area (Å²) in [7, 11) is 3.23. The minimum Gasteiger partial charge on any atom is -0.496 e. The summed E-state index contributed by atoms with van der Waals surface area (Å²) < 4.78 is 11.4. The number of hydrogen-bond donors (Lipinski definition) is 2. The number of quaternary nitrogens is 1. The highest BCUT2D eigenvalue weighted by atomic mass is 79.9. The lowest BCUT2D eigenvalue weighted by Crippen LogP contribution is -2.91. The van der Waals surface area contributed by atoms with Gasteiger partial charge < -0.3 is 20.1 Å². The molecule has 0 fully saturated rings. The van der Waals surface area contributed by atoms with Crippen LogP contribution >= 0.6 is 15.9 Å². The molecule has 2 aromatic carbocycles. The van der Waals surface area contributed by atoms with Crippen molar-refractivity contribution in [2.75, 3.05) is 19.5 Å². The fourth-order valence-corrected chi connectivity index (χ4v) is 3.15. The van der Waals surface area contributed by atoms with Crippen molar-refractivity contribution < 1.29 is 19.6 Å². The third-order valence-corrected chi connectivity index (χ3v) is 4.68. The van der Waals surface area contributed by atoms with E-state index in [0.717, 1.165) is 15.8 Å². The van der Waals surface area contributed by atoms with E-state index >= 15 is 0 Å². The van der Waals surface area contributed by atoms with E-state index in [4.69, 9.17) is 9.47 Å². The lowest BCUT2D eigenvalue weighted by molar-refractivity contribution is -0.709. The summed E-state index contributed by atoms with van der Waals surface area (Å²) in [5, 5.41) is 4.95. The maximum Gasteiger partial charge on any atom is 0.282 e. The predicted molar refractivity (Wildman–Crippen MR) is 102 cm³/mol. The molecule has 0 aliphatic heterocycles. The first-order valence-electron chi connectivity index (χ1n) is 8.08. The van der Waals surface area contributed by atoms with Gasteiger partial charge in [0.1, 0.15) is 17.5 Å². The Morgan fingerprint density at radius 1 is 1.08 bits per heavy atom. The average Bonchev–Trinajstić information content (AvgIpc) is 2.61. The maximum absolute atomic E-state index is 12.5. The van der Waals surface area contributed by atoms with Crippen molar-refractivity contribution in [2.45, 2.75) is 25.9 Å². The summed E-state index contributed by atoms with van der Waals surface area (Å²) in [5.41, 5.74) is 1.79. The van der Waals surface area contributed by atoms with Crippen molar-refractivity contribution in [3.05, 3.63) is 52.5 Å². The SMILES string of the molecule is COc1ccc([C@@H](C)[NH2+][C@@H](C)C(=O)Nc2ccccc2OC)cc1Br. The predicted octanol–water partition coefficient (Wildman–Crippen LogP) is 3.12. The van der Waals surface area contributed by atoms with Gasteiger partial charge in [-0.05, 0) is 60.1 Å². The van der Waals surface area contributed by atoms with Gasteiger partial charge in [0.05, 0.1) is 24.4 Å². The molecule has 0 saturated heterocycles. The topological polar surface area (TPSA) is 64.2 Å². The highest BCUT2D eigenvalue weighted by Crippen LogP contribution is 2.27. The molecule has 0 unspecified atom stereocenters. The zero-order chi connectivity index (χ0) is 18.4. The summed E-state index contributed by atoms with van der Waals surface area (Å²) in [6.07, 6.45) is 0. The summed E-state index contributed by atoms with van der Waals surface area (Å²) in [6.45, 7) is 3.96. The van der Waals surface area contributed by atoms with Gasteiger partial charge in [-0.25, -0.2) is 0 Å². The first-order valence-corrected chi connectivity index (χ1v) is 8.87. The molecule has 134 valence electrons. The van der Waals surface area contributed by atoms with Crippen molar-refractivity contribution in [1.82, 2.24) is 0 Å². The Morgan fingerprint density at radius 2 is 1.76 bits per heavy atom. The Balaban J connectivity index is 2.01. The Hall–Kier alpha value is -2.05. The molecule has 3 N–H and O–H groups in total. The van der Waals surface area contributed by atoms with E-state index in [2.05, 4.69) is 28.2 Å². The van der Waals surface area contributed by atoms with Gasteiger partial charge in [-0.2, -0.15) is 0 Å². The molecule has 1 amide bonds. The number of methoxy groups -OCH3 is 2. The Labute approximate surface area is 156 Å². The molecule has 0 aliphatic rings. The van der Waals surface area contributed by atoms with Gasteiger partial charge in [0.15, 0.2) is 6.04 Å². The molecule has 25 heavy (non-hydrogen) atoms. The molecule has 0 spiro atoms. The molecule has 2 atom stereocenters. The molecule has 0 aromatic heterocycles. The number of carbonyl (C=O) groups is 1. The fraction of sp³-hybridized carbons (Fsp3) is 0.316. The van der Waals surface area contributed by atoms with Crippen molar-refractivity contribution >= 4 is 27.5 Å². The van der Waals surface area contributed by atoms with E-state index in [1.54, 1.807) is 14.2 Å². The second-order valence-electron chi connectivity index (χ2n) is 5.85. The molecular formula is C19H24BrN2O3+. The highest BCUT2D eigenvalue weighted by molar-refractivity contribution is 9.10. The van der Waals surface area contributed by atoms with Crippen LogP contribution in [-0.4, -0.2) is 26.2 Å². The minimum absolute atomic E-state index is 0.0658. The van der Waals surface area contributed by atoms with Crippen LogP contribution in [0, 0.1) is 0 Å². The molecule has 2 aromatic rings. The quantitative estimate of drug-likeness (QED) is 0.740. The fourth-order valence-electron chi connectivity index (χ4n) is 2.59. The maximum atomic E-state index is 12.5. The number of para-hydroxylation sites is 2. The summed E-state index contributed by atoms with van der Waals surface area (Å²) in [4.78, 5) is 12.5. The number of benzene rings is 2. The van der Waals surface area contributed by atoms with Gasteiger partial charge in [-0.3, -0.25) is 4.79 Å². The second kappa shape index (κ2) is 8.87. The number of nitrogens with two attached hydrogens (primary N) is 1. The minimum atomic E-state index is -0.249. The smallest absolute Gasteiger partial charge is 0.282 e. The van der Waals surface area contributed by atoms with E-state index in [1.807, 2.05) is 54.7 Å². The largest absolute Gasteiger partial charge is 0.496 e. The molecule has 0 saturated carbocycles. The Kier molecular flexibility index (Phi) is 6.84. The third kappa shape index (κ3) is 4.96. The number of carbonyl (C=O) groups excluding carboxylic acids is 1. The van der Waals surface area contributed by atoms with E-state index in [1.165, 1.54) is 0 Å². The van der Waals surface area contributed by atoms with Gasteiger partial charge in [-0.15, -0.1) is 0 Å². The Bertz CT molecular complexity index is 736. The molecule has 5 nitrogen and oxygen atoms in total. The molecule has 0 aliphatic carbocycles. The van der Waals surface area contributed by atoms with Crippen LogP contribution < -0.4 is 20.1 Å². The molecule has 6 heteroatoms. The Morgan fingerprint density at radius 3 is 2.40 bits per heavy atom. The van der Waals surface area contributed by atoms with Crippen molar-refractivity contribution in [3.63, 3.8) is 0 Å². The van der Waals surface area contributed by atoms with Crippen molar-refractivity contribution in [1.29, 1.82) is 0 Å². The lowest BCUT2D eigenvalue weighted by atomic mass is 10.1. The highest BCUT2D eigenvalue weighted by Gasteiger charge is 2.21. The van der Waals surface area contributed by atoms with E-state index in [-0.39, 0.29) is 18.0 Å². The van der Waals surface area contributed by atoms with Gasteiger partial charge in [0, 0.05) is 5.56 Å².